The Morgan fingerprint density at radius 3 is 2.40 bits per heavy atom. The Balaban J connectivity index is 2.17. The van der Waals surface area contributed by atoms with Gasteiger partial charge in [0.1, 0.15) is 0 Å². The van der Waals surface area contributed by atoms with Gasteiger partial charge in [-0.15, -0.1) is 0 Å². The molecule has 2 aromatic rings. The minimum absolute atomic E-state index is 0.0529. The number of rotatable bonds is 5. The monoisotopic (exact) mass is 269 g/mol. The molecule has 0 spiro atoms. The van der Waals surface area contributed by atoms with Crippen molar-refractivity contribution in [1.29, 1.82) is 0 Å². The standard InChI is InChI=1S/C18H23NO/c1-13-9-10-14(2)16(11-13)12-17(19)18(20-3)15-7-5-4-6-8-15/h4-11,17-18H,12,19H2,1-3H3. The molecule has 0 saturated heterocycles. The number of hydrogen-bond acceptors (Lipinski definition) is 2. The SMILES string of the molecule is COC(c1ccccc1)C(N)Cc1cc(C)ccc1C. The van der Waals surface area contributed by atoms with Crippen molar-refractivity contribution in [2.24, 2.45) is 5.73 Å². The van der Waals surface area contributed by atoms with Crippen LogP contribution in [0.4, 0.5) is 0 Å². The molecule has 20 heavy (non-hydrogen) atoms. The molecule has 2 aromatic carbocycles. The molecule has 2 N–H and O–H groups in total. The summed E-state index contributed by atoms with van der Waals surface area (Å²) in [5, 5.41) is 0. The molecule has 0 aliphatic carbocycles. The Morgan fingerprint density at radius 2 is 1.75 bits per heavy atom. The van der Waals surface area contributed by atoms with E-state index >= 15 is 0 Å². The van der Waals surface area contributed by atoms with Gasteiger partial charge in [0.25, 0.3) is 0 Å². The molecule has 106 valence electrons. The summed E-state index contributed by atoms with van der Waals surface area (Å²) >= 11 is 0. The molecule has 0 amide bonds. The number of aryl methyl sites for hydroxylation is 2. The smallest absolute Gasteiger partial charge is 0.0975 e. The Bertz CT molecular complexity index is 551. The zero-order valence-corrected chi connectivity index (χ0v) is 12.5. The molecule has 0 aromatic heterocycles. The molecule has 0 radical (unpaired) electrons. The average Bonchev–Trinajstić information content (AvgIpc) is 2.45. The predicted octanol–water partition coefficient (Wildman–Crippen LogP) is 3.56. The molecule has 2 heteroatoms. The maximum atomic E-state index is 6.39. The largest absolute Gasteiger partial charge is 0.375 e. The van der Waals surface area contributed by atoms with Crippen molar-refractivity contribution in [2.45, 2.75) is 32.4 Å². The first kappa shape index (κ1) is 14.8. The van der Waals surface area contributed by atoms with Gasteiger partial charge in [0, 0.05) is 13.2 Å². The van der Waals surface area contributed by atoms with E-state index in [0.29, 0.717) is 0 Å². The van der Waals surface area contributed by atoms with Crippen molar-refractivity contribution in [1.82, 2.24) is 0 Å². The first-order valence-corrected chi connectivity index (χ1v) is 7.01. The van der Waals surface area contributed by atoms with E-state index in [0.717, 1.165) is 12.0 Å². The van der Waals surface area contributed by atoms with E-state index in [9.17, 15) is 0 Å². The van der Waals surface area contributed by atoms with E-state index in [1.165, 1.54) is 16.7 Å². The number of ether oxygens (including phenoxy) is 1. The van der Waals surface area contributed by atoms with Crippen LogP contribution in [-0.2, 0) is 11.2 Å². The zero-order valence-electron chi connectivity index (χ0n) is 12.5. The van der Waals surface area contributed by atoms with Gasteiger partial charge in [-0.3, -0.25) is 0 Å². The van der Waals surface area contributed by atoms with Crippen LogP contribution in [0.3, 0.4) is 0 Å². The molecule has 0 aliphatic heterocycles. The van der Waals surface area contributed by atoms with E-state index in [1.54, 1.807) is 7.11 Å². The summed E-state index contributed by atoms with van der Waals surface area (Å²) in [6.07, 6.45) is 0.747. The Kier molecular flexibility index (Phi) is 4.94. The van der Waals surface area contributed by atoms with Crippen LogP contribution in [0, 0.1) is 13.8 Å². The second kappa shape index (κ2) is 6.69. The summed E-state index contributed by atoms with van der Waals surface area (Å²) in [5.74, 6) is 0. The Labute approximate surface area is 121 Å². The van der Waals surface area contributed by atoms with Gasteiger partial charge >= 0.3 is 0 Å². The van der Waals surface area contributed by atoms with Crippen LogP contribution in [0.2, 0.25) is 0 Å². The summed E-state index contributed by atoms with van der Waals surface area (Å²) in [7, 11) is 1.72. The molecule has 0 bridgehead atoms. The molecular formula is C18H23NO. The maximum Gasteiger partial charge on any atom is 0.0975 e. The van der Waals surface area contributed by atoms with Crippen molar-refractivity contribution in [2.75, 3.05) is 7.11 Å². The fraction of sp³-hybridized carbons (Fsp3) is 0.333. The second-order valence-electron chi connectivity index (χ2n) is 5.36. The minimum Gasteiger partial charge on any atom is -0.375 e. The molecule has 2 rings (SSSR count). The van der Waals surface area contributed by atoms with Crippen molar-refractivity contribution < 1.29 is 4.74 Å². The van der Waals surface area contributed by atoms with Gasteiger partial charge in [-0.2, -0.15) is 0 Å². The molecule has 2 unspecified atom stereocenters. The van der Waals surface area contributed by atoms with Crippen molar-refractivity contribution in [3.8, 4) is 0 Å². The number of methoxy groups -OCH3 is 1. The summed E-state index contributed by atoms with van der Waals surface area (Å²) in [4.78, 5) is 0. The highest BCUT2D eigenvalue weighted by Crippen LogP contribution is 2.23. The normalized spacial score (nSPS) is 14.0. The van der Waals surface area contributed by atoms with E-state index < -0.39 is 0 Å². The van der Waals surface area contributed by atoms with Gasteiger partial charge < -0.3 is 10.5 Å². The Morgan fingerprint density at radius 1 is 1.05 bits per heavy atom. The van der Waals surface area contributed by atoms with Crippen LogP contribution in [-0.4, -0.2) is 13.2 Å². The highest BCUT2D eigenvalue weighted by Gasteiger charge is 2.20. The van der Waals surface area contributed by atoms with Crippen LogP contribution in [0.25, 0.3) is 0 Å². The first-order chi connectivity index (χ1) is 9.61. The second-order valence-corrected chi connectivity index (χ2v) is 5.36. The van der Waals surface area contributed by atoms with Crippen LogP contribution >= 0.6 is 0 Å². The fourth-order valence-corrected chi connectivity index (χ4v) is 2.58. The lowest BCUT2D eigenvalue weighted by Gasteiger charge is -2.24. The third-order valence-electron chi connectivity index (χ3n) is 3.73. The molecular weight excluding hydrogens is 246 g/mol. The Hall–Kier alpha value is -1.64. The van der Waals surface area contributed by atoms with Gasteiger partial charge in [0.2, 0.25) is 0 Å². The first-order valence-electron chi connectivity index (χ1n) is 7.01. The predicted molar refractivity (Wildman–Crippen MR) is 83.8 cm³/mol. The maximum absolute atomic E-state index is 6.39. The van der Waals surface area contributed by atoms with Crippen LogP contribution in [0.5, 0.6) is 0 Å². The van der Waals surface area contributed by atoms with Gasteiger partial charge in [-0.1, -0.05) is 54.1 Å². The van der Waals surface area contributed by atoms with Crippen LogP contribution in [0.15, 0.2) is 48.5 Å². The van der Waals surface area contributed by atoms with E-state index in [4.69, 9.17) is 10.5 Å². The van der Waals surface area contributed by atoms with Crippen molar-refractivity contribution in [3.63, 3.8) is 0 Å². The van der Waals surface area contributed by atoms with E-state index in [1.807, 2.05) is 18.2 Å². The number of benzene rings is 2. The molecule has 2 atom stereocenters. The zero-order chi connectivity index (χ0) is 14.5. The summed E-state index contributed by atoms with van der Waals surface area (Å²) < 4.78 is 5.62. The minimum atomic E-state index is -0.0730. The summed E-state index contributed by atoms with van der Waals surface area (Å²) in [6, 6.07) is 16.6. The lowest BCUT2D eigenvalue weighted by molar-refractivity contribution is 0.0802. The van der Waals surface area contributed by atoms with E-state index in [2.05, 4.69) is 44.2 Å². The van der Waals surface area contributed by atoms with Crippen molar-refractivity contribution >= 4 is 0 Å². The lowest BCUT2D eigenvalue weighted by atomic mass is 9.93. The van der Waals surface area contributed by atoms with Gasteiger partial charge in [0.15, 0.2) is 0 Å². The lowest BCUT2D eigenvalue weighted by Crippen LogP contribution is -2.32. The molecule has 0 fully saturated rings. The van der Waals surface area contributed by atoms with Crippen molar-refractivity contribution in [3.05, 3.63) is 70.8 Å². The van der Waals surface area contributed by atoms with Crippen LogP contribution in [0.1, 0.15) is 28.4 Å². The number of hydrogen-bond donors (Lipinski definition) is 1. The highest BCUT2D eigenvalue weighted by atomic mass is 16.5. The molecule has 0 saturated carbocycles. The fourth-order valence-electron chi connectivity index (χ4n) is 2.58. The summed E-state index contributed by atoms with van der Waals surface area (Å²) in [5.41, 5.74) is 11.4. The quantitative estimate of drug-likeness (QED) is 0.900. The summed E-state index contributed by atoms with van der Waals surface area (Å²) in [6.45, 7) is 4.24. The third-order valence-corrected chi connectivity index (χ3v) is 3.73. The average molecular weight is 269 g/mol. The highest BCUT2D eigenvalue weighted by molar-refractivity contribution is 5.32. The van der Waals surface area contributed by atoms with Gasteiger partial charge in [-0.05, 0) is 37.0 Å². The number of nitrogens with two attached hydrogens (primary N) is 1. The topological polar surface area (TPSA) is 35.2 Å². The molecule has 2 nitrogen and oxygen atoms in total. The van der Waals surface area contributed by atoms with E-state index in [-0.39, 0.29) is 12.1 Å². The molecule has 0 aliphatic rings. The van der Waals surface area contributed by atoms with Crippen LogP contribution < -0.4 is 5.73 Å². The molecule has 0 heterocycles. The van der Waals surface area contributed by atoms with Gasteiger partial charge in [-0.25, -0.2) is 0 Å². The van der Waals surface area contributed by atoms with Gasteiger partial charge in [0.05, 0.1) is 6.10 Å². The third kappa shape index (κ3) is 3.47.